The normalized spacial score (nSPS) is 7.40. The van der Waals surface area contributed by atoms with Crippen LogP contribution < -0.4 is 0 Å². The fraction of sp³-hybridized carbons (Fsp3) is 0.875. The smallest absolute Gasteiger partial charge is 0.0554 e. The highest BCUT2D eigenvalue weighted by Crippen LogP contribution is 2.00. The van der Waals surface area contributed by atoms with Crippen molar-refractivity contribution < 1.29 is 0 Å². The summed E-state index contributed by atoms with van der Waals surface area (Å²) >= 11 is 3.81. The van der Waals surface area contributed by atoms with Gasteiger partial charge in [0.05, 0.1) is 5.16 Å². The molecule has 0 unspecified atom stereocenters. The van der Waals surface area contributed by atoms with Crippen LogP contribution >= 0.6 is 12.2 Å². The summed E-state index contributed by atoms with van der Waals surface area (Å²) in [4.78, 5) is 0. The van der Waals surface area contributed by atoms with Gasteiger partial charge < -0.3 is 0 Å². The van der Waals surface area contributed by atoms with E-state index in [1.807, 2.05) is 0 Å². The summed E-state index contributed by atoms with van der Waals surface area (Å²) in [7, 11) is 0. The van der Waals surface area contributed by atoms with Crippen LogP contribution in [0.5, 0.6) is 0 Å². The number of thiocarbonyl (C=S) groups is 1. The second kappa shape index (κ2) is 15.9. The Bertz CT molecular complexity index is 71.3. The average molecular weight is 159 g/mol. The van der Waals surface area contributed by atoms with Crippen LogP contribution in [0.3, 0.4) is 0 Å². The van der Waals surface area contributed by atoms with E-state index in [9.17, 15) is 0 Å². The largest absolute Gasteiger partial charge is 0.248 e. The van der Waals surface area contributed by atoms with Crippen molar-refractivity contribution in [1.82, 2.24) is 0 Å². The van der Waals surface area contributed by atoms with Gasteiger partial charge in [-0.05, 0) is 12.2 Å². The molecule has 10 heavy (non-hydrogen) atoms. The molecule has 0 bridgehead atoms. The Labute approximate surface area is 69.3 Å². The molecule has 0 radical (unpaired) electrons. The minimum Gasteiger partial charge on any atom is -0.248 e. The van der Waals surface area contributed by atoms with Crippen molar-refractivity contribution in [2.24, 2.45) is 0 Å². The first-order valence-corrected chi connectivity index (χ1v) is 4.28. The van der Waals surface area contributed by atoms with Gasteiger partial charge in [-0.15, -0.1) is 0 Å². The minimum atomic E-state index is 1.36. The lowest BCUT2D eigenvalue weighted by Crippen LogP contribution is -1.70. The van der Waals surface area contributed by atoms with E-state index in [0.29, 0.717) is 0 Å². The first-order valence-electron chi connectivity index (χ1n) is 3.87. The molecular formula is C8H17NS. The van der Waals surface area contributed by atoms with Crippen LogP contribution in [0.2, 0.25) is 0 Å². The molecule has 0 rings (SSSR count). The Morgan fingerprint density at radius 3 is 1.60 bits per heavy atom. The number of hydrogen-bond donors (Lipinski definition) is 1. The molecule has 2 heteroatoms. The summed E-state index contributed by atoms with van der Waals surface area (Å²) in [6.45, 7) is 4.49. The Hall–Kier alpha value is -0.200. The predicted molar refractivity (Wildman–Crippen MR) is 49.8 cm³/mol. The molecule has 0 heterocycles. The third-order valence-corrected chi connectivity index (χ3v) is 1.21. The summed E-state index contributed by atoms with van der Waals surface area (Å²) in [6, 6.07) is 0. The predicted octanol–water partition coefficient (Wildman–Crippen LogP) is 3.64. The highest BCUT2D eigenvalue weighted by molar-refractivity contribution is 7.78. The van der Waals surface area contributed by atoms with Crippen molar-refractivity contribution in [2.75, 3.05) is 0 Å². The quantitative estimate of drug-likeness (QED) is 0.378. The van der Waals surface area contributed by atoms with Crippen molar-refractivity contribution in [1.29, 1.82) is 5.41 Å². The Morgan fingerprint density at radius 1 is 1.10 bits per heavy atom. The number of nitrogens with one attached hydrogen (secondary N) is 1. The molecule has 0 aromatic carbocycles. The van der Waals surface area contributed by atoms with Gasteiger partial charge in [-0.25, -0.2) is 5.41 Å². The monoisotopic (exact) mass is 159 g/mol. The van der Waals surface area contributed by atoms with E-state index in [-0.39, 0.29) is 0 Å². The average Bonchev–Trinajstić information content (AvgIpc) is 1.91. The van der Waals surface area contributed by atoms with Crippen LogP contribution in [0.1, 0.15) is 46.0 Å². The fourth-order valence-corrected chi connectivity index (χ4v) is 0.677. The molecule has 0 aliphatic rings. The van der Waals surface area contributed by atoms with Crippen LogP contribution in [-0.2, 0) is 0 Å². The maximum absolute atomic E-state index is 5.77. The van der Waals surface area contributed by atoms with Gasteiger partial charge in [0.25, 0.3) is 0 Å². The van der Waals surface area contributed by atoms with Crippen molar-refractivity contribution >= 4 is 17.4 Å². The standard InChI is InChI=1S/C7H16.CHNS/c1-3-5-7-6-4-2;2-1-3/h3-7H2,1-2H3;2H. The van der Waals surface area contributed by atoms with Gasteiger partial charge in [-0.3, -0.25) is 0 Å². The molecule has 0 saturated heterocycles. The van der Waals surface area contributed by atoms with E-state index >= 15 is 0 Å². The summed E-state index contributed by atoms with van der Waals surface area (Å²) in [6.07, 6.45) is 7.01. The van der Waals surface area contributed by atoms with Gasteiger partial charge >= 0.3 is 0 Å². The fourth-order valence-electron chi connectivity index (χ4n) is 0.677. The van der Waals surface area contributed by atoms with Crippen molar-refractivity contribution in [3.63, 3.8) is 0 Å². The summed E-state index contributed by atoms with van der Waals surface area (Å²) < 4.78 is 0. The molecule has 0 aliphatic carbocycles. The molecule has 1 nitrogen and oxygen atoms in total. The molecule has 0 aliphatic heterocycles. The van der Waals surface area contributed by atoms with E-state index in [2.05, 4.69) is 26.1 Å². The number of unbranched alkanes of at least 4 members (excludes halogenated alkanes) is 4. The topological polar surface area (TPSA) is 23.9 Å². The first kappa shape index (κ1) is 12.5. The molecule has 0 spiro atoms. The first-order chi connectivity index (χ1) is 4.83. The lowest BCUT2D eigenvalue weighted by atomic mass is 10.2. The lowest BCUT2D eigenvalue weighted by molar-refractivity contribution is 0.656. The second-order valence-electron chi connectivity index (χ2n) is 2.16. The van der Waals surface area contributed by atoms with Crippen LogP contribution in [0, 0.1) is 5.41 Å². The zero-order valence-corrected chi connectivity index (χ0v) is 7.76. The summed E-state index contributed by atoms with van der Waals surface area (Å²) in [5.41, 5.74) is 0. The summed E-state index contributed by atoms with van der Waals surface area (Å²) in [5, 5.41) is 7.36. The van der Waals surface area contributed by atoms with Crippen LogP contribution in [0.4, 0.5) is 0 Å². The van der Waals surface area contributed by atoms with Gasteiger partial charge in [0, 0.05) is 0 Å². The molecule has 0 aromatic heterocycles. The molecule has 0 atom stereocenters. The molecule has 1 N–H and O–H groups in total. The van der Waals surface area contributed by atoms with Gasteiger partial charge in [0.2, 0.25) is 0 Å². The van der Waals surface area contributed by atoms with Crippen LogP contribution in [0.15, 0.2) is 0 Å². The molecule has 0 fully saturated rings. The number of hydrogen-bond acceptors (Lipinski definition) is 2. The van der Waals surface area contributed by atoms with E-state index in [0.717, 1.165) is 0 Å². The molecule has 60 valence electrons. The minimum absolute atomic E-state index is 1.36. The van der Waals surface area contributed by atoms with Gasteiger partial charge in [0.1, 0.15) is 0 Å². The molecule has 0 aromatic rings. The number of isothiocyanates is 1. The van der Waals surface area contributed by atoms with Crippen molar-refractivity contribution in [3.8, 4) is 0 Å². The van der Waals surface area contributed by atoms with Crippen LogP contribution in [-0.4, -0.2) is 5.16 Å². The van der Waals surface area contributed by atoms with E-state index in [1.165, 1.54) is 32.1 Å². The molecule has 0 saturated carbocycles. The van der Waals surface area contributed by atoms with E-state index < -0.39 is 0 Å². The maximum atomic E-state index is 5.77. The third-order valence-electron chi connectivity index (χ3n) is 1.21. The highest BCUT2D eigenvalue weighted by atomic mass is 32.1. The highest BCUT2D eigenvalue weighted by Gasteiger charge is 1.80. The van der Waals surface area contributed by atoms with Crippen LogP contribution in [0.25, 0.3) is 0 Å². The third kappa shape index (κ3) is 25.0. The Morgan fingerprint density at radius 2 is 1.40 bits per heavy atom. The van der Waals surface area contributed by atoms with Gasteiger partial charge in [-0.1, -0.05) is 46.0 Å². The SMILES string of the molecule is CCCCCCC.N=C=S. The van der Waals surface area contributed by atoms with Crippen molar-refractivity contribution in [3.05, 3.63) is 0 Å². The van der Waals surface area contributed by atoms with E-state index in [4.69, 9.17) is 5.41 Å². The maximum Gasteiger partial charge on any atom is 0.0554 e. The lowest BCUT2D eigenvalue weighted by Gasteiger charge is -1.90. The second-order valence-corrected chi connectivity index (χ2v) is 2.37. The van der Waals surface area contributed by atoms with E-state index in [1.54, 1.807) is 5.16 Å². The molecular weight excluding hydrogens is 142 g/mol. The summed E-state index contributed by atoms with van der Waals surface area (Å²) in [5.74, 6) is 0. The Balaban J connectivity index is 0. The Kier molecular flexibility index (Phi) is 19.9. The number of rotatable bonds is 4. The van der Waals surface area contributed by atoms with Gasteiger partial charge in [0.15, 0.2) is 0 Å². The van der Waals surface area contributed by atoms with Crippen molar-refractivity contribution in [2.45, 2.75) is 46.0 Å². The molecule has 0 amide bonds. The van der Waals surface area contributed by atoms with Gasteiger partial charge in [-0.2, -0.15) is 0 Å². The zero-order valence-electron chi connectivity index (χ0n) is 6.94. The zero-order chi connectivity index (χ0) is 8.24.